The zero-order chi connectivity index (χ0) is 20.4. The highest BCUT2D eigenvalue weighted by atomic mass is 16.3. The Kier molecular flexibility index (Phi) is 5.68. The van der Waals surface area contributed by atoms with Gasteiger partial charge in [0.1, 0.15) is 18.3 Å². The predicted molar refractivity (Wildman–Crippen MR) is 108 cm³/mol. The van der Waals surface area contributed by atoms with E-state index in [0.717, 1.165) is 11.3 Å². The van der Waals surface area contributed by atoms with Crippen LogP contribution in [0.4, 0.5) is 0 Å². The molecule has 6 nitrogen and oxygen atoms in total. The zero-order valence-corrected chi connectivity index (χ0v) is 17.1. The molecule has 2 amide bonds. The third-order valence-electron chi connectivity index (χ3n) is 5.12. The normalized spacial score (nSPS) is 16.4. The van der Waals surface area contributed by atoms with Gasteiger partial charge in [0.05, 0.1) is 12.0 Å². The summed E-state index contributed by atoms with van der Waals surface area (Å²) in [5.74, 6) is 0.234. The maximum Gasteiger partial charge on any atom is 0.262 e. The Morgan fingerprint density at radius 1 is 1.25 bits per heavy atom. The quantitative estimate of drug-likeness (QED) is 0.793. The first kappa shape index (κ1) is 19.9. The Balaban J connectivity index is 1.87. The van der Waals surface area contributed by atoms with Crippen LogP contribution in [0.1, 0.15) is 48.8 Å². The van der Waals surface area contributed by atoms with Crippen LogP contribution in [-0.4, -0.2) is 41.0 Å². The van der Waals surface area contributed by atoms with E-state index < -0.39 is 0 Å². The van der Waals surface area contributed by atoms with E-state index in [0.29, 0.717) is 12.2 Å². The molecular formula is C22H27N3O3. The molecule has 1 aromatic carbocycles. The Hall–Kier alpha value is -2.89. The van der Waals surface area contributed by atoms with Gasteiger partial charge in [0.25, 0.3) is 5.91 Å². The van der Waals surface area contributed by atoms with Gasteiger partial charge in [0.15, 0.2) is 0 Å². The molecule has 0 saturated carbocycles. The molecule has 0 N–H and O–H groups in total. The van der Waals surface area contributed by atoms with E-state index in [9.17, 15) is 9.59 Å². The van der Waals surface area contributed by atoms with Crippen molar-refractivity contribution in [2.24, 2.45) is 11.0 Å². The van der Waals surface area contributed by atoms with Gasteiger partial charge < -0.3 is 9.32 Å². The number of furan rings is 1. The molecule has 1 unspecified atom stereocenters. The number of amides is 2. The second kappa shape index (κ2) is 8.00. The highest BCUT2D eigenvalue weighted by molar-refractivity contribution is 6.03. The minimum atomic E-state index is -0.304. The Morgan fingerprint density at radius 2 is 2.00 bits per heavy atom. The number of aryl methyl sites for hydroxylation is 2. The highest BCUT2D eigenvalue weighted by Crippen LogP contribution is 2.33. The van der Waals surface area contributed by atoms with Gasteiger partial charge in [-0.2, -0.15) is 5.10 Å². The van der Waals surface area contributed by atoms with Gasteiger partial charge in [-0.1, -0.05) is 26.0 Å². The number of carbonyl (C=O) groups excluding carboxylic acids is 2. The Morgan fingerprint density at radius 3 is 2.61 bits per heavy atom. The Bertz CT molecular complexity index is 900. The lowest BCUT2D eigenvalue weighted by molar-refractivity contribution is -0.142. The van der Waals surface area contributed by atoms with Gasteiger partial charge >= 0.3 is 0 Å². The summed E-state index contributed by atoms with van der Waals surface area (Å²) in [5, 5.41) is 6.09. The summed E-state index contributed by atoms with van der Waals surface area (Å²) in [7, 11) is 1.65. The van der Waals surface area contributed by atoms with E-state index >= 15 is 0 Å². The van der Waals surface area contributed by atoms with Crippen molar-refractivity contribution in [3.8, 4) is 0 Å². The fraction of sp³-hybridized carbons (Fsp3) is 0.409. The molecule has 6 heteroatoms. The van der Waals surface area contributed by atoms with E-state index in [-0.39, 0.29) is 30.3 Å². The largest absolute Gasteiger partial charge is 0.467 e. The third-order valence-corrected chi connectivity index (χ3v) is 5.12. The number of hydrazone groups is 1. The van der Waals surface area contributed by atoms with E-state index in [1.54, 1.807) is 19.4 Å². The van der Waals surface area contributed by atoms with E-state index in [1.807, 2.05) is 26.0 Å². The summed E-state index contributed by atoms with van der Waals surface area (Å²) < 4.78 is 5.57. The summed E-state index contributed by atoms with van der Waals surface area (Å²) in [5.41, 5.74) is 4.24. The van der Waals surface area contributed by atoms with Crippen LogP contribution in [0, 0.1) is 19.8 Å². The standard InChI is InChI=1S/C22H27N3O3/c1-14(2)22(27)24(5)13-21(26)25-19(20-7-6-10-28-20)12-18(23-25)17-9-8-15(3)16(4)11-17/h6-11,14,19H,12-13H2,1-5H3. The van der Waals surface area contributed by atoms with Gasteiger partial charge in [0.2, 0.25) is 5.91 Å². The van der Waals surface area contributed by atoms with Gasteiger partial charge in [0, 0.05) is 19.4 Å². The van der Waals surface area contributed by atoms with E-state index in [1.165, 1.54) is 21.0 Å². The van der Waals surface area contributed by atoms with Crippen LogP contribution in [0.3, 0.4) is 0 Å². The van der Waals surface area contributed by atoms with E-state index in [2.05, 4.69) is 31.1 Å². The number of likely N-dealkylation sites (N-methyl/N-ethyl adjacent to an activating group) is 1. The van der Waals surface area contributed by atoms with Crippen LogP contribution in [0.15, 0.2) is 46.1 Å². The minimum absolute atomic E-state index is 0.0159. The molecular weight excluding hydrogens is 354 g/mol. The molecule has 2 aromatic rings. The van der Waals surface area contributed by atoms with Crippen molar-refractivity contribution < 1.29 is 14.0 Å². The Labute approximate surface area is 165 Å². The van der Waals surface area contributed by atoms with Crippen LogP contribution in [0.25, 0.3) is 0 Å². The summed E-state index contributed by atoms with van der Waals surface area (Å²) >= 11 is 0. The monoisotopic (exact) mass is 381 g/mol. The lowest BCUT2D eigenvalue weighted by atomic mass is 9.99. The van der Waals surface area contributed by atoms with Gasteiger partial charge in [-0.05, 0) is 48.7 Å². The summed E-state index contributed by atoms with van der Waals surface area (Å²) in [6.07, 6.45) is 2.17. The van der Waals surface area contributed by atoms with Crippen molar-refractivity contribution in [2.45, 2.75) is 40.2 Å². The molecule has 1 aliphatic rings. The average Bonchev–Trinajstić information content (AvgIpc) is 3.32. The number of hydrogen-bond acceptors (Lipinski definition) is 4. The molecule has 3 rings (SSSR count). The molecule has 0 saturated heterocycles. The fourth-order valence-corrected chi connectivity index (χ4v) is 3.33. The van der Waals surface area contributed by atoms with Crippen molar-refractivity contribution in [3.63, 3.8) is 0 Å². The number of hydrogen-bond donors (Lipinski definition) is 0. The molecule has 0 spiro atoms. The van der Waals surface area contributed by atoms with Crippen LogP contribution in [0.5, 0.6) is 0 Å². The lowest BCUT2D eigenvalue weighted by Gasteiger charge is -2.24. The first-order valence-corrected chi connectivity index (χ1v) is 9.53. The van der Waals surface area contributed by atoms with Gasteiger partial charge in [-0.15, -0.1) is 0 Å². The molecule has 1 aliphatic heterocycles. The first-order valence-electron chi connectivity index (χ1n) is 9.53. The lowest BCUT2D eigenvalue weighted by Crippen LogP contribution is -2.40. The predicted octanol–water partition coefficient (Wildman–Crippen LogP) is 3.69. The summed E-state index contributed by atoms with van der Waals surface area (Å²) in [6, 6.07) is 9.54. The second-order valence-corrected chi connectivity index (χ2v) is 7.67. The highest BCUT2D eigenvalue weighted by Gasteiger charge is 2.35. The van der Waals surface area contributed by atoms with Crippen LogP contribution < -0.4 is 0 Å². The maximum atomic E-state index is 13.0. The molecule has 0 aliphatic carbocycles. The van der Waals surface area contributed by atoms with Crippen molar-refractivity contribution in [1.82, 2.24) is 9.91 Å². The topological polar surface area (TPSA) is 66.1 Å². The molecule has 0 bridgehead atoms. The van der Waals surface area contributed by atoms with Crippen molar-refractivity contribution in [3.05, 3.63) is 59.0 Å². The SMILES string of the molecule is Cc1ccc(C2=NN(C(=O)CN(C)C(=O)C(C)C)C(c3ccco3)C2)cc1C. The third kappa shape index (κ3) is 4.01. The summed E-state index contributed by atoms with van der Waals surface area (Å²) in [4.78, 5) is 26.6. The van der Waals surface area contributed by atoms with Crippen molar-refractivity contribution in [1.29, 1.82) is 0 Å². The number of carbonyl (C=O) groups is 2. The van der Waals surface area contributed by atoms with Gasteiger partial charge in [-0.3, -0.25) is 9.59 Å². The van der Waals surface area contributed by atoms with Crippen molar-refractivity contribution >= 4 is 17.5 Å². The smallest absolute Gasteiger partial charge is 0.262 e. The van der Waals surface area contributed by atoms with Crippen LogP contribution >= 0.6 is 0 Å². The number of nitrogens with zero attached hydrogens (tertiary/aromatic N) is 3. The first-order chi connectivity index (χ1) is 13.3. The number of benzene rings is 1. The number of rotatable bonds is 5. The maximum absolute atomic E-state index is 13.0. The molecule has 28 heavy (non-hydrogen) atoms. The average molecular weight is 381 g/mol. The molecule has 1 atom stereocenters. The van der Waals surface area contributed by atoms with Crippen LogP contribution in [-0.2, 0) is 9.59 Å². The van der Waals surface area contributed by atoms with E-state index in [4.69, 9.17) is 4.42 Å². The minimum Gasteiger partial charge on any atom is -0.467 e. The molecule has 0 fully saturated rings. The van der Waals surface area contributed by atoms with Gasteiger partial charge in [-0.25, -0.2) is 5.01 Å². The second-order valence-electron chi connectivity index (χ2n) is 7.67. The summed E-state index contributed by atoms with van der Waals surface area (Å²) in [6.45, 7) is 7.76. The van der Waals surface area contributed by atoms with Crippen molar-refractivity contribution in [2.75, 3.05) is 13.6 Å². The molecule has 2 heterocycles. The zero-order valence-electron chi connectivity index (χ0n) is 17.1. The molecule has 0 radical (unpaired) electrons. The fourth-order valence-electron chi connectivity index (χ4n) is 3.33. The molecule has 1 aromatic heterocycles. The molecule has 148 valence electrons. The van der Waals surface area contributed by atoms with Crippen LogP contribution in [0.2, 0.25) is 0 Å².